The molecule has 2 aliphatic heterocycles. The number of aromatic nitrogens is 4. The Balaban J connectivity index is 0.000000190. The van der Waals surface area contributed by atoms with Crippen LogP contribution in [-0.2, 0) is 13.1 Å². The molecule has 4 N–H and O–H groups in total. The van der Waals surface area contributed by atoms with Gasteiger partial charge in [-0.15, -0.1) is 0 Å². The Labute approximate surface area is 398 Å². The summed E-state index contributed by atoms with van der Waals surface area (Å²) in [5.41, 5.74) is 3.99. The number of hydrogen-bond donors (Lipinski definition) is 4. The summed E-state index contributed by atoms with van der Waals surface area (Å²) in [5.74, 6) is -5.53. The summed E-state index contributed by atoms with van der Waals surface area (Å²) >= 11 is 2.39. The number of rotatable bonds is 9. The number of carboxylic acids is 1. The Morgan fingerprint density at radius 2 is 1.03 bits per heavy atom. The molecule has 350 valence electrons. The number of carbonyl (C=O) groups is 4. The van der Waals surface area contributed by atoms with Crippen LogP contribution in [0.1, 0.15) is 43.0 Å². The van der Waals surface area contributed by atoms with Gasteiger partial charge in [0.15, 0.2) is 21.9 Å². The van der Waals surface area contributed by atoms with Gasteiger partial charge >= 0.3 is 18.0 Å². The number of hydrogen-bond acceptors (Lipinski definition) is 10. The predicted octanol–water partition coefficient (Wildman–Crippen LogP) is 10.7. The largest absolute Gasteiger partial charge is 0.478 e. The van der Waals surface area contributed by atoms with Crippen LogP contribution < -0.4 is 25.8 Å². The maximum Gasteiger partial charge on any atom is 0.335 e. The predicted molar refractivity (Wildman–Crippen MR) is 251 cm³/mol. The lowest BCUT2D eigenvalue weighted by Crippen LogP contribution is -2.43. The zero-order valence-electron chi connectivity index (χ0n) is 36.6. The number of aromatic carboxylic acids is 1. The summed E-state index contributed by atoms with van der Waals surface area (Å²) < 4.78 is 71.8. The van der Waals surface area contributed by atoms with Crippen LogP contribution in [-0.4, -0.2) is 61.5 Å². The molecule has 2 aromatic heterocycles. The first-order chi connectivity index (χ1) is 33.1. The Morgan fingerprint density at radius 1 is 0.609 bits per heavy atom. The summed E-state index contributed by atoms with van der Waals surface area (Å²) in [4.78, 5) is 69.6. The lowest BCUT2D eigenvalue weighted by molar-refractivity contribution is 0.0696. The topological polar surface area (TPSA) is 183 Å². The van der Waals surface area contributed by atoms with Crippen LogP contribution in [0.25, 0.3) is 22.5 Å². The number of anilines is 5. The van der Waals surface area contributed by atoms with Gasteiger partial charge in [0.1, 0.15) is 40.5 Å². The molecule has 0 aliphatic carbocycles. The lowest BCUT2D eigenvalue weighted by Gasteiger charge is -2.30. The van der Waals surface area contributed by atoms with Crippen molar-refractivity contribution in [1.29, 1.82) is 0 Å². The molecule has 0 saturated heterocycles. The number of carboxylic acid groups (broad SMARTS) is 1. The fraction of sp³-hybridized carbons (Fsp3) is 0.125. The molecule has 0 fully saturated rings. The number of nitrogens with one attached hydrogen (secondary N) is 3. The summed E-state index contributed by atoms with van der Waals surface area (Å²) in [5, 5.41) is 17.9. The summed E-state index contributed by atoms with van der Waals surface area (Å²) in [6, 6.07) is 20.2. The highest BCUT2D eigenvalue weighted by molar-refractivity contribution is 7.98. The number of urea groups is 2. The molecule has 0 radical (unpaired) electrons. The Hall–Kier alpha value is -7.91. The van der Waals surface area contributed by atoms with Crippen LogP contribution in [0.15, 0.2) is 107 Å². The van der Waals surface area contributed by atoms with Crippen LogP contribution in [0.5, 0.6) is 0 Å². The number of carbonyl (C=O) groups excluding carboxylic acids is 3. The second kappa shape index (κ2) is 19.7. The monoisotopic (exact) mass is 977 g/mol. The van der Waals surface area contributed by atoms with Crippen molar-refractivity contribution < 1.29 is 46.2 Å². The van der Waals surface area contributed by atoms with Gasteiger partial charge in [-0.1, -0.05) is 47.8 Å². The number of amides is 5. The van der Waals surface area contributed by atoms with E-state index >= 15 is 0 Å². The molecule has 5 aromatic carbocycles. The van der Waals surface area contributed by atoms with E-state index in [0.717, 1.165) is 45.2 Å². The summed E-state index contributed by atoms with van der Waals surface area (Å²) in [6.07, 6.45) is 3.46. The molecule has 0 atom stereocenters. The minimum Gasteiger partial charge on any atom is -0.478 e. The van der Waals surface area contributed by atoms with Crippen molar-refractivity contribution in [3.8, 4) is 22.5 Å². The first-order valence-corrected chi connectivity index (χ1v) is 23.0. The van der Waals surface area contributed by atoms with Crippen molar-refractivity contribution in [2.75, 3.05) is 27.6 Å². The maximum absolute atomic E-state index is 14.7. The van der Waals surface area contributed by atoms with Gasteiger partial charge in [-0.05, 0) is 110 Å². The molecular weight excluding hydrogens is 942 g/mol. The van der Waals surface area contributed by atoms with Gasteiger partial charge in [-0.25, -0.2) is 66.1 Å². The van der Waals surface area contributed by atoms with E-state index in [9.17, 15) is 46.2 Å². The molecule has 0 unspecified atom stereocenters. The lowest BCUT2D eigenvalue weighted by atomic mass is 9.97. The normalized spacial score (nSPS) is 12.8. The zero-order valence-corrected chi connectivity index (χ0v) is 38.3. The Bertz CT molecular complexity index is 3200. The van der Waals surface area contributed by atoms with E-state index in [1.54, 1.807) is 43.7 Å². The minimum atomic E-state index is -1.10. The SMILES string of the molecule is CSc1nc(-c2cc(C(=O)Nc3ccc(F)cc3)ccc2C)c2c(n1)N(c1c(F)cccc1F)C(=O)NC2.CSc1nc(-c2cc(C(=O)O)ccc2C)c2c(n1)N(c1c(F)cccc1F)C(=O)NC2. The molecule has 0 bridgehead atoms. The minimum absolute atomic E-state index is 0.0101. The third-order valence-corrected chi connectivity index (χ3v) is 12.0. The second-order valence-electron chi connectivity index (χ2n) is 15.2. The highest BCUT2D eigenvalue weighted by Gasteiger charge is 2.36. The van der Waals surface area contributed by atoms with Crippen LogP contribution >= 0.6 is 23.5 Å². The average Bonchev–Trinajstić information content (AvgIpc) is 3.33. The highest BCUT2D eigenvalue weighted by Crippen LogP contribution is 2.41. The molecule has 5 amide bonds. The van der Waals surface area contributed by atoms with E-state index in [1.165, 1.54) is 72.1 Å². The molecule has 0 spiro atoms. The molecule has 69 heavy (non-hydrogen) atoms. The standard InChI is InChI=1S/C27H20F3N5O2S.C21H16F2N4O3S/c1-14-6-7-15(25(36)32-17-10-8-16(28)9-11-17)12-18(14)22-19-13-31-27(37)35(24(19)34-26(33-22)38-2)23-20(29)4-3-5-21(23)30;1-10-6-7-11(19(28)29)8-12(10)16-13-9-24-21(30)27(18(13)26-20(25-16)31-2)17-14(22)4-3-5-15(17)23/h3-12H,13H2,1-2H3,(H,31,37)(H,32,36);3-8H,9H2,1-2H3,(H,24,30)(H,28,29). The van der Waals surface area contributed by atoms with Gasteiger partial charge in [0, 0.05) is 33.5 Å². The van der Waals surface area contributed by atoms with E-state index < -0.39 is 64.4 Å². The molecule has 14 nitrogen and oxygen atoms in total. The molecule has 7 aromatic rings. The number of halogens is 5. The number of thioether (sulfide) groups is 2. The van der Waals surface area contributed by atoms with Gasteiger partial charge in [0.25, 0.3) is 5.91 Å². The average molecular weight is 978 g/mol. The Kier molecular flexibility index (Phi) is 13.6. The number of benzene rings is 5. The molecule has 0 saturated carbocycles. The first kappa shape index (κ1) is 47.6. The smallest absolute Gasteiger partial charge is 0.335 e. The van der Waals surface area contributed by atoms with E-state index in [2.05, 4.69) is 35.9 Å². The molecule has 4 heterocycles. The van der Waals surface area contributed by atoms with Crippen molar-refractivity contribution >= 4 is 76.2 Å². The van der Waals surface area contributed by atoms with Crippen LogP contribution in [0.4, 0.5) is 60.2 Å². The second-order valence-corrected chi connectivity index (χ2v) is 16.7. The Morgan fingerprint density at radius 3 is 1.45 bits per heavy atom. The third kappa shape index (κ3) is 9.50. The van der Waals surface area contributed by atoms with Crippen LogP contribution in [0.3, 0.4) is 0 Å². The van der Waals surface area contributed by atoms with Gasteiger partial charge in [0.05, 0.1) is 30.0 Å². The van der Waals surface area contributed by atoms with Crippen molar-refractivity contribution in [2.24, 2.45) is 0 Å². The number of nitrogens with zero attached hydrogens (tertiary/aromatic N) is 6. The number of fused-ring (bicyclic) bond motifs is 2. The molecule has 9 rings (SSSR count). The van der Waals surface area contributed by atoms with Gasteiger partial charge in [0.2, 0.25) is 0 Å². The highest BCUT2D eigenvalue weighted by atomic mass is 32.2. The van der Waals surface area contributed by atoms with Crippen molar-refractivity contribution in [3.63, 3.8) is 0 Å². The fourth-order valence-electron chi connectivity index (χ4n) is 7.49. The molecule has 21 heteroatoms. The van der Waals surface area contributed by atoms with Crippen LogP contribution in [0.2, 0.25) is 0 Å². The third-order valence-electron chi connectivity index (χ3n) is 10.9. The van der Waals surface area contributed by atoms with E-state index in [4.69, 9.17) is 0 Å². The first-order valence-electron chi connectivity index (χ1n) is 20.5. The fourth-order valence-corrected chi connectivity index (χ4v) is 8.21. The van der Waals surface area contributed by atoms with E-state index in [-0.39, 0.29) is 40.6 Å². The van der Waals surface area contributed by atoms with Gasteiger partial charge in [-0.3, -0.25) is 4.79 Å². The van der Waals surface area contributed by atoms with Gasteiger partial charge in [-0.2, -0.15) is 0 Å². The molecular formula is C48H36F5N9O5S2. The maximum atomic E-state index is 14.7. The number of aryl methyl sites for hydroxylation is 2. The van der Waals surface area contributed by atoms with Crippen molar-refractivity contribution in [1.82, 2.24) is 30.6 Å². The zero-order chi connectivity index (χ0) is 49.3. The number of para-hydroxylation sites is 2. The summed E-state index contributed by atoms with van der Waals surface area (Å²) in [7, 11) is 0. The van der Waals surface area contributed by atoms with E-state index in [0.29, 0.717) is 44.9 Å². The summed E-state index contributed by atoms with van der Waals surface area (Å²) in [6.45, 7) is 3.65. The van der Waals surface area contributed by atoms with Crippen LogP contribution in [0, 0.1) is 42.9 Å². The quantitative estimate of drug-likeness (QED) is 0.0614. The van der Waals surface area contributed by atoms with Crippen molar-refractivity contribution in [2.45, 2.75) is 37.2 Å². The van der Waals surface area contributed by atoms with E-state index in [1.807, 2.05) is 6.92 Å². The van der Waals surface area contributed by atoms with Gasteiger partial charge < -0.3 is 21.1 Å². The molecule has 2 aliphatic rings. The van der Waals surface area contributed by atoms with Crippen molar-refractivity contribution in [3.05, 3.63) is 160 Å².